The lowest BCUT2D eigenvalue weighted by molar-refractivity contribution is -0.384. The largest absolute Gasteiger partial charge is 0.353 e. The second kappa shape index (κ2) is 6.11. The third kappa shape index (κ3) is 3.50. The first-order valence-electron chi connectivity index (χ1n) is 7.21. The van der Waals surface area contributed by atoms with Crippen LogP contribution in [0.25, 0.3) is 0 Å². The number of aryl methyl sites for hydroxylation is 2. The summed E-state index contributed by atoms with van der Waals surface area (Å²) in [6, 6.07) is -0.284. The predicted octanol–water partition coefficient (Wildman–Crippen LogP) is 1.36. The third-order valence-corrected chi connectivity index (χ3v) is 3.43. The van der Waals surface area contributed by atoms with Crippen LogP contribution >= 0.6 is 0 Å². The van der Waals surface area contributed by atoms with Gasteiger partial charge in [-0.05, 0) is 26.2 Å². The molecule has 21 heavy (non-hydrogen) atoms. The van der Waals surface area contributed by atoms with Crippen molar-refractivity contribution in [2.75, 3.05) is 5.32 Å². The zero-order valence-corrected chi connectivity index (χ0v) is 12.5. The summed E-state index contributed by atoms with van der Waals surface area (Å²) in [5.41, 5.74) is 0.410. The minimum Gasteiger partial charge on any atom is -0.353 e. The van der Waals surface area contributed by atoms with Crippen molar-refractivity contribution < 1.29 is 9.72 Å². The van der Waals surface area contributed by atoms with Crippen molar-refractivity contribution in [1.29, 1.82) is 0 Å². The van der Waals surface area contributed by atoms with Gasteiger partial charge < -0.3 is 10.6 Å². The molecule has 116 valence electrons. The molecule has 1 amide bonds. The molecule has 1 aromatic rings. The summed E-state index contributed by atoms with van der Waals surface area (Å²) in [6.07, 6.45) is 3.32. The molecule has 0 aromatic carbocycles. The number of nitro groups is 1. The molecule has 0 radical (unpaired) electrons. The Labute approximate surface area is 123 Å². The molecule has 0 aliphatic heterocycles. The molecule has 0 bridgehead atoms. The summed E-state index contributed by atoms with van der Waals surface area (Å²) < 4.78 is 1.43. The van der Waals surface area contributed by atoms with Crippen molar-refractivity contribution >= 4 is 17.4 Å². The standard InChI is InChI=1S/C13H21N5O3/c1-4-5-10-11(18(20)21)12(17(3)16-10)14-8(2)13(19)15-9-6-7-9/h8-9,14H,4-7H2,1-3H3,(H,15,19). The van der Waals surface area contributed by atoms with Crippen molar-refractivity contribution in [3.63, 3.8) is 0 Å². The van der Waals surface area contributed by atoms with Gasteiger partial charge in [-0.3, -0.25) is 14.9 Å². The fraction of sp³-hybridized carbons (Fsp3) is 0.692. The van der Waals surface area contributed by atoms with Gasteiger partial charge in [-0.1, -0.05) is 13.3 Å². The number of carbonyl (C=O) groups excluding carboxylic acids is 1. The topological polar surface area (TPSA) is 102 Å². The summed E-state index contributed by atoms with van der Waals surface area (Å²) in [4.78, 5) is 22.8. The smallest absolute Gasteiger partial charge is 0.334 e. The first kappa shape index (κ1) is 15.3. The molecule has 2 rings (SSSR count). The molecule has 0 saturated heterocycles. The van der Waals surface area contributed by atoms with Crippen LogP contribution in [0.3, 0.4) is 0 Å². The number of anilines is 1. The Morgan fingerprint density at radius 1 is 1.57 bits per heavy atom. The zero-order chi connectivity index (χ0) is 15.6. The van der Waals surface area contributed by atoms with Gasteiger partial charge >= 0.3 is 5.69 Å². The number of aromatic nitrogens is 2. The van der Waals surface area contributed by atoms with Gasteiger partial charge in [0.25, 0.3) is 0 Å². The monoisotopic (exact) mass is 295 g/mol. The lowest BCUT2D eigenvalue weighted by atomic mass is 10.2. The molecule has 8 heteroatoms. The summed E-state index contributed by atoms with van der Waals surface area (Å²) in [5.74, 6) is 0.131. The van der Waals surface area contributed by atoms with Gasteiger partial charge in [0.05, 0.1) is 4.92 Å². The highest BCUT2D eigenvalue weighted by Crippen LogP contribution is 2.29. The van der Waals surface area contributed by atoms with Crippen LogP contribution in [0.2, 0.25) is 0 Å². The number of carbonyl (C=O) groups is 1. The van der Waals surface area contributed by atoms with Crippen LogP contribution in [0.1, 0.15) is 38.8 Å². The summed E-state index contributed by atoms with van der Waals surface area (Å²) >= 11 is 0. The molecule has 1 heterocycles. The first-order valence-corrected chi connectivity index (χ1v) is 7.21. The van der Waals surface area contributed by atoms with E-state index in [9.17, 15) is 14.9 Å². The molecule has 1 atom stereocenters. The van der Waals surface area contributed by atoms with Gasteiger partial charge in [0.15, 0.2) is 0 Å². The highest BCUT2D eigenvalue weighted by atomic mass is 16.6. The van der Waals surface area contributed by atoms with E-state index in [1.54, 1.807) is 14.0 Å². The van der Waals surface area contributed by atoms with Gasteiger partial charge in [-0.15, -0.1) is 0 Å². The van der Waals surface area contributed by atoms with E-state index in [-0.39, 0.29) is 23.5 Å². The van der Waals surface area contributed by atoms with E-state index in [2.05, 4.69) is 15.7 Å². The van der Waals surface area contributed by atoms with Crippen LogP contribution < -0.4 is 10.6 Å². The third-order valence-electron chi connectivity index (χ3n) is 3.43. The highest BCUT2D eigenvalue weighted by Gasteiger charge is 2.30. The van der Waals surface area contributed by atoms with Crippen LogP contribution in [0.15, 0.2) is 0 Å². The molecule has 8 nitrogen and oxygen atoms in total. The quantitative estimate of drug-likeness (QED) is 0.584. The predicted molar refractivity (Wildman–Crippen MR) is 78.1 cm³/mol. The van der Waals surface area contributed by atoms with Crippen molar-refractivity contribution in [1.82, 2.24) is 15.1 Å². The SMILES string of the molecule is CCCc1nn(C)c(NC(C)C(=O)NC2CC2)c1[N+](=O)[O-]. The van der Waals surface area contributed by atoms with Crippen LogP contribution in [-0.2, 0) is 18.3 Å². The van der Waals surface area contributed by atoms with Crippen LogP contribution in [0, 0.1) is 10.1 Å². The highest BCUT2D eigenvalue weighted by molar-refractivity contribution is 5.85. The van der Waals surface area contributed by atoms with Gasteiger partial charge in [-0.25, -0.2) is 4.68 Å². The van der Waals surface area contributed by atoms with E-state index in [0.717, 1.165) is 19.3 Å². The Hall–Kier alpha value is -2.12. The molecule has 1 aliphatic rings. The Morgan fingerprint density at radius 3 is 2.76 bits per heavy atom. The van der Waals surface area contributed by atoms with Crippen molar-refractivity contribution in [3.05, 3.63) is 15.8 Å². The van der Waals surface area contributed by atoms with Crippen molar-refractivity contribution in [2.24, 2.45) is 7.05 Å². The molecule has 1 saturated carbocycles. The van der Waals surface area contributed by atoms with Crippen molar-refractivity contribution in [3.8, 4) is 0 Å². The normalized spacial score (nSPS) is 15.6. The number of amides is 1. The Bertz CT molecular complexity index is 550. The fourth-order valence-corrected chi connectivity index (χ4v) is 2.15. The molecule has 1 unspecified atom stereocenters. The van der Waals surface area contributed by atoms with E-state index >= 15 is 0 Å². The molecule has 1 fully saturated rings. The van der Waals surface area contributed by atoms with E-state index < -0.39 is 11.0 Å². The lowest BCUT2D eigenvalue weighted by Gasteiger charge is -2.14. The van der Waals surface area contributed by atoms with Crippen LogP contribution in [0.4, 0.5) is 11.5 Å². The average Bonchev–Trinajstić information content (AvgIpc) is 3.15. The Kier molecular flexibility index (Phi) is 4.44. The average molecular weight is 295 g/mol. The number of nitrogens with zero attached hydrogens (tertiary/aromatic N) is 3. The fourth-order valence-electron chi connectivity index (χ4n) is 2.15. The molecule has 1 aromatic heterocycles. The molecular weight excluding hydrogens is 274 g/mol. The Balaban J connectivity index is 2.17. The van der Waals surface area contributed by atoms with E-state index in [1.807, 2.05) is 6.92 Å². The van der Waals surface area contributed by atoms with Crippen molar-refractivity contribution in [2.45, 2.75) is 51.6 Å². The molecular formula is C13H21N5O3. The summed E-state index contributed by atoms with van der Waals surface area (Å²) in [6.45, 7) is 3.63. The maximum absolute atomic E-state index is 11.9. The Morgan fingerprint density at radius 2 is 2.24 bits per heavy atom. The molecule has 0 spiro atoms. The van der Waals surface area contributed by atoms with Gasteiger partial charge in [-0.2, -0.15) is 5.10 Å². The maximum atomic E-state index is 11.9. The van der Waals surface area contributed by atoms with Gasteiger partial charge in [0, 0.05) is 13.1 Å². The van der Waals surface area contributed by atoms with E-state index in [1.165, 1.54) is 4.68 Å². The number of hydrogen-bond donors (Lipinski definition) is 2. The zero-order valence-electron chi connectivity index (χ0n) is 12.5. The van der Waals surface area contributed by atoms with Gasteiger partial charge in [0.1, 0.15) is 11.7 Å². The lowest BCUT2D eigenvalue weighted by Crippen LogP contribution is -2.39. The van der Waals surface area contributed by atoms with Gasteiger partial charge in [0.2, 0.25) is 11.7 Å². The van der Waals surface area contributed by atoms with E-state index in [4.69, 9.17) is 0 Å². The van der Waals surface area contributed by atoms with Crippen LogP contribution in [0.5, 0.6) is 0 Å². The molecule has 1 aliphatic carbocycles. The number of rotatable bonds is 7. The minimum atomic E-state index is -0.547. The minimum absolute atomic E-state index is 0.0366. The number of nitrogens with one attached hydrogen (secondary N) is 2. The molecule has 2 N–H and O–H groups in total. The van der Waals surface area contributed by atoms with E-state index in [0.29, 0.717) is 12.1 Å². The first-order chi connectivity index (χ1) is 9.93. The summed E-state index contributed by atoms with van der Waals surface area (Å²) in [7, 11) is 1.64. The number of hydrogen-bond acceptors (Lipinski definition) is 5. The summed E-state index contributed by atoms with van der Waals surface area (Å²) in [5, 5.41) is 21.3. The second-order valence-corrected chi connectivity index (χ2v) is 5.42. The van der Waals surface area contributed by atoms with Crippen LogP contribution in [-0.4, -0.2) is 32.7 Å². The maximum Gasteiger partial charge on any atom is 0.334 e. The second-order valence-electron chi connectivity index (χ2n) is 5.42.